The predicted molar refractivity (Wildman–Crippen MR) is 43.3 cm³/mol. The summed E-state index contributed by atoms with van der Waals surface area (Å²) in [6.45, 7) is 0. The van der Waals surface area contributed by atoms with E-state index in [0.717, 1.165) is 0 Å². The number of aromatic nitrogens is 3. The highest BCUT2D eigenvalue weighted by Crippen LogP contribution is 2.29. The summed E-state index contributed by atoms with van der Waals surface area (Å²) >= 11 is 0. The number of nitrogens with one attached hydrogen (secondary N) is 1. The van der Waals surface area contributed by atoms with Gasteiger partial charge in [0.2, 0.25) is 5.82 Å². The maximum Gasteiger partial charge on any atom is 0.449 e. The average molecular weight is 202 g/mol. The molecule has 0 aromatic carbocycles. The number of hydrogen-bond acceptors (Lipinski definition) is 3. The molecule has 0 aliphatic rings. The number of nitrogen functional groups attached to an aromatic ring is 1. The molecule has 0 bridgehead atoms. The van der Waals surface area contributed by atoms with Gasteiger partial charge in [-0.3, -0.25) is 0 Å². The van der Waals surface area contributed by atoms with Crippen molar-refractivity contribution in [2.75, 3.05) is 5.73 Å². The van der Waals surface area contributed by atoms with Crippen molar-refractivity contribution in [3.8, 4) is 0 Å². The van der Waals surface area contributed by atoms with E-state index in [1.165, 1.54) is 12.3 Å². The standard InChI is InChI=1S/C7H5F3N4/c8-7(9,10)6-13-3-1-2-12-5(11)4(3)14-6/h1-2H,(H2,11,12)(H,13,14). The summed E-state index contributed by atoms with van der Waals surface area (Å²) in [5.74, 6) is -1.08. The van der Waals surface area contributed by atoms with Crippen LogP contribution in [-0.2, 0) is 6.18 Å². The minimum Gasteiger partial charge on any atom is -0.382 e. The fourth-order valence-corrected chi connectivity index (χ4v) is 1.09. The van der Waals surface area contributed by atoms with Crippen molar-refractivity contribution in [3.63, 3.8) is 0 Å². The number of fused-ring (bicyclic) bond motifs is 1. The zero-order chi connectivity index (χ0) is 10.3. The summed E-state index contributed by atoms with van der Waals surface area (Å²) in [7, 11) is 0. The van der Waals surface area contributed by atoms with Crippen molar-refractivity contribution in [3.05, 3.63) is 18.1 Å². The Balaban J connectivity index is 2.69. The third kappa shape index (κ3) is 1.26. The molecule has 0 radical (unpaired) electrons. The molecule has 4 nitrogen and oxygen atoms in total. The molecule has 2 rings (SSSR count). The molecular formula is C7H5F3N4. The first-order valence-corrected chi connectivity index (χ1v) is 3.66. The molecule has 14 heavy (non-hydrogen) atoms. The van der Waals surface area contributed by atoms with E-state index in [9.17, 15) is 13.2 Å². The van der Waals surface area contributed by atoms with Crippen molar-refractivity contribution in [1.29, 1.82) is 0 Å². The van der Waals surface area contributed by atoms with Gasteiger partial charge in [-0.05, 0) is 6.07 Å². The van der Waals surface area contributed by atoms with E-state index >= 15 is 0 Å². The first-order chi connectivity index (χ1) is 6.48. The van der Waals surface area contributed by atoms with Gasteiger partial charge in [-0.25, -0.2) is 9.97 Å². The van der Waals surface area contributed by atoms with Gasteiger partial charge in [0.25, 0.3) is 0 Å². The third-order valence-corrected chi connectivity index (χ3v) is 1.70. The lowest BCUT2D eigenvalue weighted by molar-refractivity contribution is -0.144. The van der Waals surface area contributed by atoms with Crippen LogP contribution in [0.4, 0.5) is 19.0 Å². The van der Waals surface area contributed by atoms with Crippen LogP contribution < -0.4 is 5.73 Å². The molecule has 3 N–H and O–H groups in total. The number of H-pyrrole nitrogens is 1. The molecular weight excluding hydrogens is 197 g/mol. The van der Waals surface area contributed by atoms with Gasteiger partial charge >= 0.3 is 6.18 Å². The van der Waals surface area contributed by atoms with Crippen molar-refractivity contribution < 1.29 is 13.2 Å². The van der Waals surface area contributed by atoms with Gasteiger partial charge in [0.1, 0.15) is 5.52 Å². The van der Waals surface area contributed by atoms with Crippen molar-refractivity contribution in [2.24, 2.45) is 0 Å². The SMILES string of the molecule is Nc1nccc2[nH]c(C(F)(F)F)nc12. The highest BCUT2D eigenvalue weighted by molar-refractivity contribution is 5.84. The fraction of sp³-hybridized carbons (Fsp3) is 0.143. The number of halogens is 3. The molecule has 2 heterocycles. The highest BCUT2D eigenvalue weighted by Gasteiger charge is 2.34. The summed E-state index contributed by atoms with van der Waals surface area (Å²) in [5.41, 5.74) is 5.62. The Bertz CT molecular complexity index is 473. The molecule has 0 amide bonds. The number of imidazole rings is 1. The van der Waals surface area contributed by atoms with Crippen LogP contribution in [0.3, 0.4) is 0 Å². The van der Waals surface area contributed by atoms with Crippen LogP contribution >= 0.6 is 0 Å². The zero-order valence-corrected chi connectivity index (χ0v) is 6.76. The smallest absolute Gasteiger partial charge is 0.382 e. The summed E-state index contributed by atoms with van der Waals surface area (Å²) in [6, 6.07) is 1.38. The largest absolute Gasteiger partial charge is 0.449 e. The summed E-state index contributed by atoms with van der Waals surface area (Å²) in [4.78, 5) is 9.07. The summed E-state index contributed by atoms with van der Waals surface area (Å²) in [6.07, 6.45) is -3.18. The van der Waals surface area contributed by atoms with Crippen molar-refractivity contribution in [2.45, 2.75) is 6.18 Å². The minimum absolute atomic E-state index is 0.0192. The van der Waals surface area contributed by atoms with E-state index < -0.39 is 12.0 Å². The number of aromatic amines is 1. The molecule has 0 fully saturated rings. The predicted octanol–water partition coefficient (Wildman–Crippen LogP) is 1.56. The van der Waals surface area contributed by atoms with Crippen LogP contribution in [0.2, 0.25) is 0 Å². The number of nitrogens with zero attached hydrogens (tertiary/aromatic N) is 2. The Labute approximate surface area is 76.0 Å². The van der Waals surface area contributed by atoms with Gasteiger partial charge in [-0.1, -0.05) is 0 Å². The third-order valence-electron chi connectivity index (χ3n) is 1.70. The fourth-order valence-electron chi connectivity index (χ4n) is 1.09. The number of pyridine rings is 1. The maximum absolute atomic E-state index is 12.2. The van der Waals surface area contributed by atoms with E-state index in [-0.39, 0.29) is 16.9 Å². The van der Waals surface area contributed by atoms with Gasteiger partial charge in [0, 0.05) is 6.20 Å². The van der Waals surface area contributed by atoms with E-state index in [1.807, 2.05) is 0 Å². The lowest BCUT2D eigenvalue weighted by atomic mass is 10.4. The summed E-state index contributed by atoms with van der Waals surface area (Å²) < 4.78 is 36.6. The van der Waals surface area contributed by atoms with Gasteiger partial charge in [-0.15, -0.1) is 0 Å². The molecule has 0 spiro atoms. The molecule has 2 aromatic rings. The second-order valence-electron chi connectivity index (χ2n) is 2.68. The zero-order valence-electron chi connectivity index (χ0n) is 6.76. The van der Waals surface area contributed by atoms with E-state index in [4.69, 9.17) is 5.73 Å². The molecule has 0 atom stereocenters. The number of anilines is 1. The lowest BCUT2D eigenvalue weighted by Gasteiger charge is -1.98. The second kappa shape index (κ2) is 2.60. The molecule has 0 saturated carbocycles. The number of rotatable bonds is 0. The van der Waals surface area contributed by atoms with Crippen LogP contribution in [0.5, 0.6) is 0 Å². The molecule has 0 aliphatic heterocycles. The highest BCUT2D eigenvalue weighted by atomic mass is 19.4. The maximum atomic E-state index is 12.2. The molecule has 0 saturated heterocycles. The first kappa shape index (κ1) is 8.79. The second-order valence-corrected chi connectivity index (χ2v) is 2.68. The number of hydrogen-bond donors (Lipinski definition) is 2. The number of nitrogens with two attached hydrogens (primary N) is 1. The van der Waals surface area contributed by atoms with Crippen LogP contribution in [-0.4, -0.2) is 15.0 Å². The topological polar surface area (TPSA) is 67.6 Å². The van der Waals surface area contributed by atoms with Crippen molar-refractivity contribution >= 4 is 16.9 Å². The van der Waals surface area contributed by atoms with Gasteiger partial charge in [0.15, 0.2) is 5.82 Å². The van der Waals surface area contributed by atoms with Crippen molar-refractivity contribution in [1.82, 2.24) is 15.0 Å². The minimum atomic E-state index is -4.49. The van der Waals surface area contributed by atoms with E-state index in [2.05, 4.69) is 15.0 Å². The van der Waals surface area contributed by atoms with Gasteiger partial charge < -0.3 is 10.7 Å². The first-order valence-electron chi connectivity index (χ1n) is 3.66. The van der Waals surface area contributed by atoms with E-state index in [0.29, 0.717) is 0 Å². The van der Waals surface area contributed by atoms with Crippen LogP contribution in [0.1, 0.15) is 5.82 Å². The molecule has 0 aliphatic carbocycles. The van der Waals surface area contributed by atoms with Gasteiger partial charge in [0.05, 0.1) is 5.52 Å². The molecule has 0 unspecified atom stereocenters. The van der Waals surface area contributed by atoms with E-state index in [1.54, 1.807) is 0 Å². The Kier molecular flexibility index (Phi) is 1.63. The molecule has 7 heteroatoms. The Morgan fingerprint density at radius 3 is 2.64 bits per heavy atom. The Morgan fingerprint density at radius 2 is 2.07 bits per heavy atom. The number of alkyl halides is 3. The monoisotopic (exact) mass is 202 g/mol. The quantitative estimate of drug-likeness (QED) is 0.681. The van der Waals surface area contributed by atoms with Crippen LogP contribution in [0.15, 0.2) is 12.3 Å². The Hall–Kier alpha value is -1.79. The molecule has 74 valence electrons. The summed E-state index contributed by atoms with van der Waals surface area (Å²) in [5, 5.41) is 0. The average Bonchev–Trinajstić information content (AvgIpc) is 2.48. The normalized spacial score (nSPS) is 12.2. The van der Waals surface area contributed by atoms with Crippen LogP contribution in [0.25, 0.3) is 11.0 Å². The Morgan fingerprint density at radius 1 is 1.36 bits per heavy atom. The van der Waals surface area contributed by atoms with Crippen LogP contribution in [0, 0.1) is 0 Å². The molecule has 2 aromatic heterocycles. The lowest BCUT2D eigenvalue weighted by Crippen LogP contribution is -2.06. The van der Waals surface area contributed by atoms with Gasteiger partial charge in [-0.2, -0.15) is 13.2 Å².